The minimum Gasteiger partial charge on any atom is -0.359 e. The summed E-state index contributed by atoms with van der Waals surface area (Å²) in [6, 6.07) is 14.0. The summed E-state index contributed by atoms with van der Waals surface area (Å²) in [6.45, 7) is 1.34. The minimum absolute atomic E-state index is 0.135. The van der Waals surface area contributed by atoms with Crippen LogP contribution in [0, 0.1) is 0 Å². The fourth-order valence-electron chi connectivity index (χ4n) is 1.88. The molecule has 2 rings (SSSR count). The summed E-state index contributed by atoms with van der Waals surface area (Å²) < 4.78 is 0. The molecule has 0 fully saturated rings. The molecule has 0 aliphatic carbocycles. The number of ketones is 1. The van der Waals surface area contributed by atoms with E-state index in [9.17, 15) is 4.79 Å². The van der Waals surface area contributed by atoms with Crippen LogP contribution in [-0.4, -0.2) is 35.8 Å². The topological polar surface area (TPSA) is 36.1 Å². The summed E-state index contributed by atoms with van der Waals surface area (Å²) in [7, 11) is 1.98. The number of hydrogen-bond acceptors (Lipinski definition) is 2. The fourth-order valence-corrected chi connectivity index (χ4v) is 1.88. The highest BCUT2D eigenvalue weighted by Gasteiger charge is 2.09. The Morgan fingerprint density at radius 2 is 1.94 bits per heavy atom. The third-order valence-electron chi connectivity index (χ3n) is 2.94. The molecule has 1 aromatic carbocycles. The number of Topliss-reactive ketones (excluding diaryl/α,β-unsaturated/α-hetero) is 1. The maximum atomic E-state index is 11.9. The predicted molar refractivity (Wildman–Crippen MR) is 72.8 cm³/mol. The van der Waals surface area contributed by atoms with E-state index in [-0.39, 0.29) is 5.78 Å². The third kappa shape index (κ3) is 3.57. The molecule has 0 unspecified atom stereocenters. The molecule has 2 aromatic rings. The van der Waals surface area contributed by atoms with Crippen molar-refractivity contribution >= 4 is 5.78 Å². The van der Waals surface area contributed by atoms with E-state index in [0.29, 0.717) is 12.2 Å². The van der Waals surface area contributed by atoms with Gasteiger partial charge in [-0.1, -0.05) is 30.3 Å². The Bertz CT molecular complexity index is 476. The van der Waals surface area contributed by atoms with E-state index in [0.717, 1.165) is 13.0 Å². The molecule has 18 heavy (non-hydrogen) atoms. The molecule has 0 amide bonds. The molecule has 0 atom stereocenters. The number of aromatic amines is 1. The van der Waals surface area contributed by atoms with Crippen molar-refractivity contribution in [3.63, 3.8) is 0 Å². The van der Waals surface area contributed by atoms with Gasteiger partial charge in [0.2, 0.25) is 0 Å². The molecule has 0 saturated heterocycles. The van der Waals surface area contributed by atoms with Gasteiger partial charge in [0, 0.05) is 12.7 Å². The highest BCUT2D eigenvalue weighted by atomic mass is 16.1. The van der Waals surface area contributed by atoms with Gasteiger partial charge in [0.15, 0.2) is 5.78 Å². The molecule has 94 valence electrons. The Morgan fingerprint density at radius 3 is 2.61 bits per heavy atom. The van der Waals surface area contributed by atoms with Crippen LogP contribution >= 0.6 is 0 Å². The van der Waals surface area contributed by atoms with Crippen molar-refractivity contribution in [3.05, 3.63) is 59.9 Å². The zero-order chi connectivity index (χ0) is 12.8. The van der Waals surface area contributed by atoms with Gasteiger partial charge in [0.25, 0.3) is 0 Å². The van der Waals surface area contributed by atoms with Crippen LogP contribution in [0.15, 0.2) is 48.7 Å². The molecule has 3 heteroatoms. The molecular weight excluding hydrogens is 224 g/mol. The van der Waals surface area contributed by atoms with Crippen molar-refractivity contribution < 1.29 is 4.79 Å². The van der Waals surface area contributed by atoms with Gasteiger partial charge in [-0.3, -0.25) is 9.69 Å². The molecule has 1 N–H and O–H groups in total. The number of hydrogen-bond donors (Lipinski definition) is 1. The molecule has 0 spiro atoms. The van der Waals surface area contributed by atoms with Gasteiger partial charge < -0.3 is 4.98 Å². The van der Waals surface area contributed by atoms with E-state index in [1.54, 1.807) is 6.20 Å². The summed E-state index contributed by atoms with van der Waals surface area (Å²) in [6.07, 6.45) is 2.74. The van der Waals surface area contributed by atoms with Crippen molar-refractivity contribution in [2.75, 3.05) is 20.1 Å². The lowest BCUT2D eigenvalue weighted by atomic mass is 10.1. The Balaban J connectivity index is 1.79. The number of likely N-dealkylation sites (N-methyl/N-ethyl adjacent to an activating group) is 1. The largest absolute Gasteiger partial charge is 0.359 e. The van der Waals surface area contributed by atoms with Gasteiger partial charge >= 0.3 is 0 Å². The molecular formula is C15H18N2O. The number of nitrogens with zero attached hydrogens (tertiary/aromatic N) is 1. The van der Waals surface area contributed by atoms with Crippen LogP contribution in [0.2, 0.25) is 0 Å². The average Bonchev–Trinajstić information content (AvgIpc) is 2.91. The number of carbonyl (C=O) groups is 1. The second kappa shape index (κ2) is 6.17. The monoisotopic (exact) mass is 242 g/mol. The number of carbonyl (C=O) groups excluding carboxylic acids is 1. The van der Waals surface area contributed by atoms with Gasteiger partial charge in [-0.25, -0.2) is 0 Å². The molecule has 0 aliphatic heterocycles. The first-order valence-electron chi connectivity index (χ1n) is 6.15. The lowest BCUT2D eigenvalue weighted by Gasteiger charge is -2.15. The highest BCUT2D eigenvalue weighted by Crippen LogP contribution is 2.02. The van der Waals surface area contributed by atoms with Crippen molar-refractivity contribution in [1.29, 1.82) is 0 Å². The van der Waals surface area contributed by atoms with E-state index in [4.69, 9.17) is 0 Å². The minimum atomic E-state index is 0.135. The van der Waals surface area contributed by atoms with Gasteiger partial charge in [-0.05, 0) is 31.2 Å². The normalized spacial score (nSPS) is 10.8. The maximum Gasteiger partial charge on any atom is 0.192 e. The van der Waals surface area contributed by atoms with Crippen molar-refractivity contribution in [2.45, 2.75) is 6.42 Å². The molecule has 0 bridgehead atoms. The third-order valence-corrected chi connectivity index (χ3v) is 2.94. The number of rotatable bonds is 6. The SMILES string of the molecule is CN(CCc1ccccc1)CC(=O)c1ccc[nH]1. The maximum absolute atomic E-state index is 11.9. The first-order chi connectivity index (χ1) is 8.75. The van der Waals surface area contributed by atoms with E-state index < -0.39 is 0 Å². The summed E-state index contributed by atoms with van der Waals surface area (Å²) in [5.41, 5.74) is 1.98. The summed E-state index contributed by atoms with van der Waals surface area (Å²) in [4.78, 5) is 16.8. The van der Waals surface area contributed by atoms with Crippen molar-refractivity contribution in [1.82, 2.24) is 9.88 Å². The highest BCUT2D eigenvalue weighted by molar-refractivity contribution is 5.95. The van der Waals surface area contributed by atoms with Crippen molar-refractivity contribution in [3.8, 4) is 0 Å². The molecule has 1 heterocycles. The predicted octanol–water partition coefficient (Wildman–Crippen LogP) is 2.37. The van der Waals surface area contributed by atoms with Crippen LogP contribution in [0.25, 0.3) is 0 Å². The molecule has 0 radical (unpaired) electrons. The van der Waals surface area contributed by atoms with Crippen LogP contribution < -0.4 is 0 Å². The van der Waals surface area contributed by atoms with Crippen LogP contribution in [0.1, 0.15) is 16.1 Å². The fraction of sp³-hybridized carbons (Fsp3) is 0.267. The molecule has 0 saturated carbocycles. The lowest BCUT2D eigenvalue weighted by Crippen LogP contribution is -2.28. The smallest absolute Gasteiger partial charge is 0.192 e. The van der Waals surface area contributed by atoms with Crippen LogP contribution in [0.5, 0.6) is 0 Å². The van der Waals surface area contributed by atoms with Crippen LogP contribution in [0.3, 0.4) is 0 Å². The zero-order valence-electron chi connectivity index (χ0n) is 10.6. The molecule has 3 nitrogen and oxygen atoms in total. The first kappa shape index (κ1) is 12.6. The van der Waals surface area contributed by atoms with Gasteiger partial charge in [0.05, 0.1) is 12.2 Å². The number of benzene rings is 1. The average molecular weight is 242 g/mol. The second-order valence-corrected chi connectivity index (χ2v) is 4.48. The van der Waals surface area contributed by atoms with E-state index in [1.807, 2.05) is 37.4 Å². The Labute approximate surface area is 107 Å². The van der Waals surface area contributed by atoms with E-state index in [2.05, 4.69) is 22.0 Å². The lowest BCUT2D eigenvalue weighted by molar-refractivity contribution is 0.0942. The standard InChI is InChI=1S/C15H18N2O/c1-17(11-9-13-6-3-2-4-7-13)12-15(18)14-8-5-10-16-14/h2-8,10,16H,9,11-12H2,1H3. The second-order valence-electron chi connectivity index (χ2n) is 4.48. The van der Waals surface area contributed by atoms with Gasteiger partial charge in [-0.2, -0.15) is 0 Å². The van der Waals surface area contributed by atoms with E-state index >= 15 is 0 Å². The number of aromatic nitrogens is 1. The number of nitrogens with one attached hydrogen (secondary N) is 1. The van der Waals surface area contributed by atoms with Crippen LogP contribution in [-0.2, 0) is 6.42 Å². The summed E-state index contributed by atoms with van der Waals surface area (Å²) in [5, 5.41) is 0. The first-order valence-corrected chi connectivity index (χ1v) is 6.15. The van der Waals surface area contributed by atoms with Crippen LogP contribution in [0.4, 0.5) is 0 Å². The van der Waals surface area contributed by atoms with E-state index in [1.165, 1.54) is 5.56 Å². The molecule has 1 aromatic heterocycles. The summed E-state index contributed by atoms with van der Waals surface area (Å²) >= 11 is 0. The zero-order valence-corrected chi connectivity index (χ0v) is 10.6. The molecule has 0 aliphatic rings. The Kier molecular flexibility index (Phi) is 4.31. The van der Waals surface area contributed by atoms with Crippen molar-refractivity contribution in [2.24, 2.45) is 0 Å². The van der Waals surface area contributed by atoms with Gasteiger partial charge in [0.1, 0.15) is 0 Å². The van der Waals surface area contributed by atoms with Gasteiger partial charge in [-0.15, -0.1) is 0 Å². The number of H-pyrrole nitrogens is 1. The summed E-state index contributed by atoms with van der Waals surface area (Å²) in [5.74, 6) is 0.135. The Hall–Kier alpha value is -1.87. The Morgan fingerprint density at radius 1 is 1.17 bits per heavy atom. The quantitative estimate of drug-likeness (QED) is 0.789.